The highest BCUT2D eigenvalue weighted by Crippen LogP contribution is 2.28. The predicted molar refractivity (Wildman–Crippen MR) is 103 cm³/mol. The van der Waals surface area contributed by atoms with Crippen LogP contribution in [0.3, 0.4) is 0 Å². The summed E-state index contributed by atoms with van der Waals surface area (Å²) < 4.78 is 24.0. The largest absolute Gasteiger partial charge is 0.493 e. The maximum absolute atomic E-state index is 13.2. The third-order valence-electron chi connectivity index (χ3n) is 4.33. The molecular weight excluding hydrogens is 343 g/mol. The SMILES string of the molecule is COc1ccc(CN(Cc2ccncc2)Cc2ccc(F)cc2)cc1OC. The average Bonchev–Trinajstić information content (AvgIpc) is 2.70. The van der Waals surface area contributed by atoms with Crippen LogP contribution in [0.25, 0.3) is 0 Å². The molecule has 5 heteroatoms. The molecule has 0 atom stereocenters. The van der Waals surface area contributed by atoms with Crippen LogP contribution in [0.2, 0.25) is 0 Å². The molecule has 0 unspecified atom stereocenters. The van der Waals surface area contributed by atoms with Crippen LogP contribution in [-0.2, 0) is 19.6 Å². The van der Waals surface area contributed by atoms with Crippen LogP contribution < -0.4 is 9.47 Å². The normalized spacial score (nSPS) is 10.8. The van der Waals surface area contributed by atoms with Crippen molar-refractivity contribution < 1.29 is 13.9 Å². The minimum Gasteiger partial charge on any atom is -0.493 e. The summed E-state index contributed by atoms with van der Waals surface area (Å²) in [5.74, 6) is 1.19. The molecule has 3 rings (SSSR count). The first-order valence-corrected chi connectivity index (χ1v) is 8.74. The van der Waals surface area contributed by atoms with E-state index in [0.717, 1.165) is 24.2 Å². The lowest BCUT2D eigenvalue weighted by Gasteiger charge is -2.23. The molecule has 2 aromatic carbocycles. The van der Waals surface area contributed by atoms with E-state index in [1.807, 2.05) is 42.5 Å². The Balaban J connectivity index is 1.81. The molecule has 1 heterocycles. The number of pyridine rings is 1. The van der Waals surface area contributed by atoms with E-state index in [0.29, 0.717) is 18.0 Å². The second-order valence-electron chi connectivity index (χ2n) is 6.32. The number of aromatic nitrogens is 1. The van der Waals surface area contributed by atoms with Crippen molar-refractivity contribution in [1.29, 1.82) is 0 Å². The van der Waals surface area contributed by atoms with Crippen LogP contribution in [0.15, 0.2) is 67.0 Å². The molecule has 27 heavy (non-hydrogen) atoms. The van der Waals surface area contributed by atoms with Crippen molar-refractivity contribution in [1.82, 2.24) is 9.88 Å². The summed E-state index contributed by atoms with van der Waals surface area (Å²) in [6.07, 6.45) is 3.59. The summed E-state index contributed by atoms with van der Waals surface area (Å²) >= 11 is 0. The summed E-state index contributed by atoms with van der Waals surface area (Å²) in [4.78, 5) is 6.38. The van der Waals surface area contributed by atoms with E-state index < -0.39 is 0 Å². The van der Waals surface area contributed by atoms with Gasteiger partial charge in [-0.15, -0.1) is 0 Å². The number of hydrogen-bond acceptors (Lipinski definition) is 4. The monoisotopic (exact) mass is 366 g/mol. The fourth-order valence-electron chi connectivity index (χ4n) is 3.00. The molecular formula is C22H23FN2O2. The first-order chi connectivity index (χ1) is 13.2. The highest BCUT2D eigenvalue weighted by Gasteiger charge is 2.11. The van der Waals surface area contributed by atoms with Crippen molar-refractivity contribution in [2.45, 2.75) is 19.6 Å². The molecule has 0 aliphatic carbocycles. The van der Waals surface area contributed by atoms with Crippen molar-refractivity contribution in [2.24, 2.45) is 0 Å². The van der Waals surface area contributed by atoms with Gasteiger partial charge in [-0.2, -0.15) is 0 Å². The van der Waals surface area contributed by atoms with Crippen LogP contribution in [-0.4, -0.2) is 24.1 Å². The zero-order valence-electron chi connectivity index (χ0n) is 15.6. The zero-order chi connectivity index (χ0) is 19.1. The van der Waals surface area contributed by atoms with Crippen molar-refractivity contribution in [3.8, 4) is 11.5 Å². The number of halogens is 1. The van der Waals surface area contributed by atoms with Gasteiger partial charge in [-0.25, -0.2) is 4.39 Å². The van der Waals surface area contributed by atoms with E-state index in [9.17, 15) is 4.39 Å². The molecule has 3 aromatic rings. The number of rotatable bonds is 8. The standard InChI is InChI=1S/C22H23FN2O2/c1-26-21-8-5-19(13-22(21)27-2)16-25(15-18-9-11-24-12-10-18)14-17-3-6-20(23)7-4-17/h3-13H,14-16H2,1-2H3. The minimum atomic E-state index is -0.223. The van der Waals surface area contributed by atoms with E-state index in [4.69, 9.17) is 9.47 Å². The van der Waals surface area contributed by atoms with Gasteiger partial charge >= 0.3 is 0 Å². The van der Waals surface area contributed by atoms with Gasteiger partial charge in [0.05, 0.1) is 14.2 Å². The Morgan fingerprint density at radius 1 is 0.741 bits per heavy atom. The lowest BCUT2D eigenvalue weighted by atomic mass is 10.1. The Morgan fingerprint density at radius 3 is 1.93 bits per heavy atom. The Labute approximate surface area is 159 Å². The second kappa shape index (κ2) is 9.14. The third-order valence-corrected chi connectivity index (χ3v) is 4.33. The molecule has 1 aromatic heterocycles. The zero-order valence-corrected chi connectivity index (χ0v) is 15.6. The molecule has 0 aliphatic heterocycles. The Kier molecular flexibility index (Phi) is 6.39. The maximum atomic E-state index is 13.2. The summed E-state index contributed by atoms with van der Waals surface area (Å²) in [6.45, 7) is 2.19. The highest BCUT2D eigenvalue weighted by atomic mass is 19.1. The van der Waals surface area contributed by atoms with Gasteiger partial charge in [0.2, 0.25) is 0 Å². The van der Waals surface area contributed by atoms with Gasteiger partial charge < -0.3 is 9.47 Å². The van der Waals surface area contributed by atoms with Crippen molar-refractivity contribution in [2.75, 3.05) is 14.2 Å². The van der Waals surface area contributed by atoms with Gasteiger partial charge in [-0.3, -0.25) is 9.88 Å². The molecule has 0 amide bonds. The van der Waals surface area contributed by atoms with Crippen LogP contribution in [0.1, 0.15) is 16.7 Å². The Hall–Kier alpha value is -2.92. The Bertz CT molecular complexity index is 854. The summed E-state index contributed by atoms with van der Waals surface area (Å²) in [7, 11) is 3.26. The second-order valence-corrected chi connectivity index (χ2v) is 6.32. The molecule has 0 aliphatic rings. The Morgan fingerprint density at radius 2 is 1.30 bits per heavy atom. The molecule has 140 valence electrons. The third kappa shape index (κ3) is 5.28. The lowest BCUT2D eigenvalue weighted by Crippen LogP contribution is -2.22. The molecule has 0 fully saturated rings. The predicted octanol–water partition coefficient (Wildman–Crippen LogP) is 4.44. The maximum Gasteiger partial charge on any atom is 0.161 e. The molecule has 0 saturated carbocycles. The molecule has 0 radical (unpaired) electrons. The van der Waals surface area contributed by atoms with E-state index in [-0.39, 0.29) is 5.82 Å². The quantitative estimate of drug-likeness (QED) is 0.590. The fraction of sp³-hybridized carbons (Fsp3) is 0.227. The minimum absolute atomic E-state index is 0.223. The summed E-state index contributed by atoms with van der Waals surface area (Å²) in [6, 6.07) is 16.6. The molecule has 0 N–H and O–H groups in total. The number of benzene rings is 2. The lowest BCUT2D eigenvalue weighted by molar-refractivity contribution is 0.247. The molecule has 0 spiro atoms. The average molecular weight is 366 g/mol. The van der Waals surface area contributed by atoms with Crippen molar-refractivity contribution in [3.05, 3.63) is 89.5 Å². The van der Waals surface area contributed by atoms with Gasteiger partial charge in [-0.1, -0.05) is 18.2 Å². The molecule has 0 bridgehead atoms. The van der Waals surface area contributed by atoms with Gasteiger partial charge in [0.15, 0.2) is 11.5 Å². The number of hydrogen-bond donors (Lipinski definition) is 0. The van der Waals surface area contributed by atoms with E-state index in [1.54, 1.807) is 26.6 Å². The first-order valence-electron chi connectivity index (χ1n) is 8.74. The smallest absolute Gasteiger partial charge is 0.161 e. The summed E-state index contributed by atoms with van der Waals surface area (Å²) in [5, 5.41) is 0. The molecule has 0 saturated heterocycles. The number of methoxy groups -OCH3 is 2. The number of ether oxygens (including phenoxy) is 2. The van der Waals surface area contributed by atoms with Gasteiger partial charge in [0.1, 0.15) is 5.82 Å². The van der Waals surface area contributed by atoms with Crippen LogP contribution in [0.5, 0.6) is 11.5 Å². The molecule has 4 nitrogen and oxygen atoms in total. The van der Waals surface area contributed by atoms with Crippen molar-refractivity contribution >= 4 is 0 Å². The van der Waals surface area contributed by atoms with Crippen molar-refractivity contribution in [3.63, 3.8) is 0 Å². The van der Waals surface area contributed by atoms with Crippen LogP contribution in [0.4, 0.5) is 4.39 Å². The topological polar surface area (TPSA) is 34.6 Å². The van der Waals surface area contributed by atoms with Crippen LogP contribution in [0, 0.1) is 5.82 Å². The van der Waals surface area contributed by atoms with E-state index >= 15 is 0 Å². The van der Waals surface area contributed by atoms with E-state index in [1.165, 1.54) is 17.7 Å². The summed E-state index contributed by atoms with van der Waals surface area (Å²) in [5.41, 5.74) is 3.35. The first kappa shape index (κ1) is 18.9. The van der Waals surface area contributed by atoms with Crippen LogP contribution >= 0.6 is 0 Å². The van der Waals surface area contributed by atoms with Gasteiger partial charge in [0.25, 0.3) is 0 Å². The fourth-order valence-corrected chi connectivity index (χ4v) is 3.00. The highest BCUT2D eigenvalue weighted by molar-refractivity contribution is 5.42. The van der Waals surface area contributed by atoms with Gasteiger partial charge in [-0.05, 0) is 53.1 Å². The number of nitrogens with zero attached hydrogens (tertiary/aromatic N) is 2. The van der Waals surface area contributed by atoms with E-state index in [2.05, 4.69) is 9.88 Å². The van der Waals surface area contributed by atoms with Gasteiger partial charge in [0, 0.05) is 32.0 Å².